The highest BCUT2D eigenvalue weighted by Gasteiger charge is 2.19. The Balaban J connectivity index is 2.35. The summed E-state index contributed by atoms with van der Waals surface area (Å²) in [7, 11) is 1.50. The van der Waals surface area contributed by atoms with E-state index in [4.69, 9.17) is 19.9 Å². The number of nitrogens with two attached hydrogens (primary N) is 1. The fourth-order valence-electron chi connectivity index (χ4n) is 3.05. The van der Waals surface area contributed by atoms with E-state index >= 15 is 0 Å². The van der Waals surface area contributed by atoms with Crippen LogP contribution in [0.2, 0.25) is 0 Å². The van der Waals surface area contributed by atoms with Crippen molar-refractivity contribution in [1.82, 2.24) is 16.0 Å². The van der Waals surface area contributed by atoms with Gasteiger partial charge < -0.3 is 35.9 Å². The van der Waals surface area contributed by atoms with Gasteiger partial charge in [0.05, 0.1) is 19.8 Å². The number of amides is 4. The molecular formula is C25H41N5O7. The van der Waals surface area contributed by atoms with Gasteiger partial charge in [0.2, 0.25) is 11.8 Å². The molecule has 12 heteroatoms. The Bertz CT molecular complexity index is 856. The molecule has 1 atom stereocenters. The zero-order valence-corrected chi connectivity index (χ0v) is 22.2. The van der Waals surface area contributed by atoms with E-state index in [1.165, 1.54) is 7.05 Å². The SMILES string of the molecule is CNC(=O)C(CCCCNC(=O)c1ccc(NC(=O)OC(C)(C)C)cc1)NC(=O)COCCOCCN. The molecule has 0 aliphatic carbocycles. The number of anilines is 1. The van der Waals surface area contributed by atoms with Crippen LogP contribution in [-0.4, -0.2) is 82.0 Å². The van der Waals surface area contributed by atoms with Gasteiger partial charge in [0.1, 0.15) is 18.2 Å². The molecule has 37 heavy (non-hydrogen) atoms. The Labute approximate surface area is 218 Å². The van der Waals surface area contributed by atoms with Gasteiger partial charge in [-0.2, -0.15) is 0 Å². The maximum atomic E-state index is 12.4. The number of hydrogen-bond donors (Lipinski definition) is 5. The average molecular weight is 524 g/mol. The van der Waals surface area contributed by atoms with Crippen LogP contribution in [0.4, 0.5) is 10.5 Å². The van der Waals surface area contributed by atoms with Crippen molar-refractivity contribution in [2.24, 2.45) is 5.73 Å². The van der Waals surface area contributed by atoms with E-state index in [1.807, 2.05) is 0 Å². The van der Waals surface area contributed by atoms with Gasteiger partial charge in [-0.05, 0) is 64.3 Å². The Morgan fingerprint density at radius 2 is 1.65 bits per heavy atom. The van der Waals surface area contributed by atoms with E-state index in [1.54, 1.807) is 45.0 Å². The average Bonchev–Trinajstić information content (AvgIpc) is 2.83. The van der Waals surface area contributed by atoms with Crippen LogP contribution in [0.15, 0.2) is 24.3 Å². The van der Waals surface area contributed by atoms with E-state index < -0.39 is 23.6 Å². The molecule has 0 spiro atoms. The second-order valence-corrected chi connectivity index (χ2v) is 9.14. The van der Waals surface area contributed by atoms with Crippen molar-refractivity contribution in [3.63, 3.8) is 0 Å². The molecule has 0 saturated carbocycles. The van der Waals surface area contributed by atoms with Gasteiger partial charge in [-0.15, -0.1) is 0 Å². The molecule has 1 aromatic carbocycles. The van der Waals surface area contributed by atoms with Crippen molar-refractivity contribution in [1.29, 1.82) is 0 Å². The van der Waals surface area contributed by atoms with Crippen molar-refractivity contribution >= 4 is 29.5 Å². The summed E-state index contributed by atoms with van der Waals surface area (Å²) in [4.78, 5) is 48.4. The zero-order valence-electron chi connectivity index (χ0n) is 22.2. The number of carbonyl (C=O) groups is 4. The van der Waals surface area contributed by atoms with Crippen LogP contribution in [0.5, 0.6) is 0 Å². The van der Waals surface area contributed by atoms with Gasteiger partial charge in [0, 0.05) is 31.4 Å². The predicted molar refractivity (Wildman–Crippen MR) is 139 cm³/mol. The number of benzene rings is 1. The van der Waals surface area contributed by atoms with E-state index in [0.717, 1.165) is 0 Å². The molecule has 0 fully saturated rings. The largest absolute Gasteiger partial charge is 0.444 e. The molecule has 0 aromatic heterocycles. The van der Waals surface area contributed by atoms with E-state index in [9.17, 15) is 19.2 Å². The highest BCUT2D eigenvalue weighted by molar-refractivity contribution is 5.95. The lowest BCUT2D eigenvalue weighted by atomic mass is 10.1. The number of unbranched alkanes of at least 4 members (excludes halogenated alkanes) is 1. The lowest BCUT2D eigenvalue weighted by molar-refractivity contribution is -0.131. The molecule has 1 aromatic rings. The van der Waals surface area contributed by atoms with Gasteiger partial charge in [-0.1, -0.05) is 0 Å². The molecule has 1 rings (SSSR count). The van der Waals surface area contributed by atoms with Crippen LogP contribution in [0, 0.1) is 0 Å². The Kier molecular flexibility index (Phi) is 14.8. The number of ether oxygens (including phenoxy) is 3. The first-order valence-corrected chi connectivity index (χ1v) is 12.3. The normalized spacial score (nSPS) is 11.8. The van der Waals surface area contributed by atoms with Crippen LogP contribution >= 0.6 is 0 Å². The fraction of sp³-hybridized carbons (Fsp3) is 0.600. The summed E-state index contributed by atoms with van der Waals surface area (Å²) in [5.41, 5.74) is 5.67. The van der Waals surface area contributed by atoms with Crippen molar-refractivity contribution in [2.45, 2.75) is 51.7 Å². The van der Waals surface area contributed by atoms with Crippen LogP contribution in [0.3, 0.4) is 0 Å². The molecule has 1 unspecified atom stereocenters. The van der Waals surface area contributed by atoms with Crippen molar-refractivity contribution in [3.05, 3.63) is 29.8 Å². The van der Waals surface area contributed by atoms with Gasteiger partial charge in [-0.25, -0.2) is 4.79 Å². The monoisotopic (exact) mass is 523 g/mol. The summed E-state index contributed by atoms with van der Waals surface area (Å²) < 4.78 is 15.6. The second kappa shape index (κ2) is 17.3. The molecular weight excluding hydrogens is 482 g/mol. The predicted octanol–water partition coefficient (Wildman–Crippen LogP) is 1.16. The third-order valence-electron chi connectivity index (χ3n) is 4.76. The Morgan fingerprint density at radius 3 is 2.27 bits per heavy atom. The van der Waals surface area contributed by atoms with Crippen LogP contribution < -0.4 is 27.0 Å². The van der Waals surface area contributed by atoms with Gasteiger partial charge in [-0.3, -0.25) is 19.7 Å². The van der Waals surface area contributed by atoms with E-state index in [2.05, 4.69) is 21.3 Å². The first kappa shape index (κ1) is 31.8. The summed E-state index contributed by atoms with van der Waals surface area (Å²) >= 11 is 0. The molecule has 4 amide bonds. The number of carbonyl (C=O) groups excluding carboxylic acids is 4. The molecule has 12 nitrogen and oxygen atoms in total. The maximum Gasteiger partial charge on any atom is 0.412 e. The number of nitrogens with one attached hydrogen (secondary N) is 4. The van der Waals surface area contributed by atoms with Gasteiger partial charge in [0.15, 0.2) is 0 Å². The van der Waals surface area contributed by atoms with Crippen LogP contribution in [0.1, 0.15) is 50.4 Å². The van der Waals surface area contributed by atoms with Gasteiger partial charge >= 0.3 is 6.09 Å². The van der Waals surface area contributed by atoms with Crippen LogP contribution in [-0.2, 0) is 23.8 Å². The minimum absolute atomic E-state index is 0.179. The van der Waals surface area contributed by atoms with E-state index in [0.29, 0.717) is 56.8 Å². The summed E-state index contributed by atoms with van der Waals surface area (Å²) in [5, 5.41) is 10.6. The van der Waals surface area contributed by atoms with E-state index in [-0.39, 0.29) is 25.0 Å². The molecule has 6 N–H and O–H groups in total. The molecule has 208 valence electrons. The van der Waals surface area contributed by atoms with Crippen molar-refractivity contribution in [3.8, 4) is 0 Å². The first-order chi connectivity index (χ1) is 17.6. The number of hydrogen-bond acceptors (Lipinski definition) is 8. The summed E-state index contributed by atoms with van der Waals surface area (Å²) in [6.07, 6.45) is 1.05. The number of rotatable bonds is 16. The molecule has 0 saturated heterocycles. The molecule has 0 bridgehead atoms. The first-order valence-electron chi connectivity index (χ1n) is 12.3. The quantitative estimate of drug-likeness (QED) is 0.201. The maximum absolute atomic E-state index is 12.4. The Hall–Kier alpha value is -3.22. The topological polar surface area (TPSA) is 170 Å². The zero-order chi connectivity index (χ0) is 27.7. The molecule has 0 aliphatic rings. The molecule has 0 radical (unpaired) electrons. The second-order valence-electron chi connectivity index (χ2n) is 9.14. The highest BCUT2D eigenvalue weighted by atomic mass is 16.6. The number of likely N-dealkylation sites (N-methyl/N-ethyl adjacent to an activating group) is 1. The summed E-state index contributed by atoms with van der Waals surface area (Å²) in [5.74, 6) is -0.957. The summed E-state index contributed by atoms with van der Waals surface area (Å²) in [6.45, 7) is 6.97. The molecule has 0 heterocycles. The van der Waals surface area contributed by atoms with Crippen LogP contribution in [0.25, 0.3) is 0 Å². The highest BCUT2D eigenvalue weighted by Crippen LogP contribution is 2.13. The minimum Gasteiger partial charge on any atom is -0.444 e. The van der Waals surface area contributed by atoms with Crippen molar-refractivity contribution in [2.75, 3.05) is 51.9 Å². The minimum atomic E-state index is -0.699. The lowest BCUT2D eigenvalue weighted by Gasteiger charge is -2.19. The lowest BCUT2D eigenvalue weighted by Crippen LogP contribution is -2.47. The van der Waals surface area contributed by atoms with Gasteiger partial charge in [0.25, 0.3) is 5.91 Å². The third-order valence-corrected chi connectivity index (χ3v) is 4.76. The molecule has 0 aliphatic heterocycles. The fourth-order valence-corrected chi connectivity index (χ4v) is 3.05. The standard InChI is InChI=1S/C25H41N5O7/c1-25(2,3)37-24(34)29-19-10-8-18(9-11-19)22(32)28-13-6-5-7-20(23(33)27-4)30-21(31)17-36-16-15-35-14-12-26/h8-11,20H,5-7,12-17,26H2,1-4H3,(H,27,33)(H,28,32)(H,29,34)(H,30,31). The summed E-state index contributed by atoms with van der Waals surface area (Å²) in [6, 6.07) is 5.74. The van der Waals surface area contributed by atoms with Crippen molar-refractivity contribution < 1.29 is 33.4 Å². The Morgan fingerprint density at radius 1 is 0.973 bits per heavy atom. The smallest absolute Gasteiger partial charge is 0.412 e. The third kappa shape index (κ3) is 14.8.